The highest BCUT2D eigenvalue weighted by molar-refractivity contribution is 7.25. The lowest BCUT2D eigenvalue weighted by atomic mass is 9.84. The van der Waals surface area contributed by atoms with E-state index in [9.17, 15) is 11.0 Å². The lowest BCUT2D eigenvalue weighted by molar-refractivity contribution is 1.69. The van der Waals surface area contributed by atoms with E-state index < -0.39 is 188 Å². The normalized spacial score (nSPS) is 20.1. The van der Waals surface area contributed by atoms with Crippen LogP contribution >= 0.6 is 11.3 Å². The molecule has 0 atom stereocenters. The molecule has 0 saturated heterocycles. The highest BCUT2D eigenvalue weighted by Crippen LogP contribution is 2.46. The van der Waals surface area contributed by atoms with E-state index in [0.717, 1.165) is 0 Å². The van der Waals surface area contributed by atoms with E-state index in [-0.39, 0.29) is 20.2 Å². The van der Waals surface area contributed by atoms with Crippen LogP contribution in [0.4, 0.5) is 0 Å². The van der Waals surface area contributed by atoms with Gasteiger partial charge in [-0.2, -0.15) is 0 Å². The number of fused-ring (bicyclic) bond motifs is 6. The second-order valence-corrected chi connectivity index (χ2v) is 9.03. The van der Waals surface area contributed by atoms with Crippen LogP contribution in [0.1, 0.15) is 30.2 Å². The minimum absolute atomic E-state index is 0.0538. The fourth-order valence-electron chi connectivity index (χ4n) is 4.55. The largest absolute Gasteiger partial charge is 0.135 e. The molecule has 8 rings (SSSR count). The number of hydrogen-bond donors (Lipinski definition) is 0. The Morgan fingerprint density at radius 1 is 0.405 bits per heavy atom. The lowest BCUT2D eigenvalue weighted by Crippen LogP contribution is -1.91. The minimum atomic E-state index is -0.891. The molecule has 0 fully saturated rings. The standard InChI is InChI=1S/C36H22S/c1-2-12-25-23(10-1)11-9-18-28(25)36-31-16-5-3-14-29(31)35(30-15-4-6-17-32(30)36)24-20-21-27-26-13-7-8-19-33(26)37-34(27)22-24/h1-22H/i1D,2D,3D,4D,5D,6D,7D,8D,9D,10D,11D,12D,13D,14D,15D,16D,17D,18D,19D,20D,21D,22D. The molecule has 8 aromatic rings. The molecule has 7 aromatic carbocycles. The van der Waals surface area contributed by atoms with E-state index in [1.807, 2.05) is 0 Å². The molecule has 0 amide bonds. The van der Waals surface area contributed by atoms with Crippen LogP contribution in [0.15, 0.2) is 133 Å². The number of thiophene rings is 1. The van der Waals surface area contributed by atoms with E-state index in [1.165, 1.54) is 0 Å². The maximum Gasteiger partial charge on any atom is 0.0644 e. The Kier molecular flexibility index (Phi) is 1.85. The van der Waals surface area contributed by atoms with Gasteiger partial charge in [-0.15, -0.1) is 11.3 Å². The first-order chi connectivity index (χ1) is 27.5. The van der Waals surface area contributed by atoms with Crippen molar-refractivity contribution in [2.24, 2.45) is 0 Å². The van der Waals surface area contributed by atoms with E-state index in [0.29, 0.717) is 11.3 Å². The average Bonchev–Trinajstić information content (AvgIpc) is 3.62. The van der Waals surface area contributed by atoms with Crippen LogP contribution < -0.4 is 0 Å². The Hall–Kier alpha value is -4.46. The zero-order valence-electron chi connectivity index (χ0n) is 40.4. The Morgan fingerprint density at radius 2 is 0.946 bits per heavy atom. The third-order valence-electron chi connectivity index (χ3n) is 6.07. The summed E-state index contributed by atoms with van der Waals surface area (Å²) >= 11 is 0.693. The van der Waals surface area contributed by atoms with Gasteiger partial charge in [-0.05, 0) is 66.7 Å². The van der Waals surface area contributed by atoms with Gasteiger partial charge in [0.05, 0.1) is 30.2 Å². The molecule has 0 unspecified atom stereocenters. The van der Waals surface area contributed by atoms with Crippen LogP contribution in [0, 0.1) is 0 Å². The maximum atomic E-state index is 9.54. The fourth-order valence-corrected chi connectivity index (χ4v) is 5.52. The van der Waals surface area contributed by atoms with Gasteiger partial charge in [-0.25, -0.2) is 0 Å². The molecule has 0 aliphatic rings. The molecule has 0 spiro atoms. The molecule has 0 N–H and O–H groups in total. The highest BCUT2D eigenvalue weighted by atomic mass is 32.1. The van der Waals surface area contributed by atoms with Gasteiger partial charge in [0.15, 0.2) is 0 Å². The van der Waals surface area contributed by atoms with Crippen molar-refractivity contribution in [3.63, 3.8) is 0 Å². The van der Waals surface area contributed by atoms with Crippen molar-refractivity contribution in [1.29, 1.82) is 0 Å². The second-order valence-electron chi connectivity index (χ2n) is 8.01. The van der Waals surface area contributed by atoms with Crippen LogP contribution in [0.5, 0.6) is 0 Å². The fraction of sp³-hybridized carbons (Fsp3) is 0. The molecule has 1 aromatic heterocycles. The van der Waals surface area contributed by atoms with Gasteiger partial charge < -0.3 is 0 Å². The lowest BCUT2D eigenvalue weighted by Gasteiger charge is -2.18. The van der Waals surface area contributed by atoms with Crippen LogP contribution in [0.2, 0.25) is 0 Å². The Bertz CT molecular complexity index is 3260. The van der Waals surface area contributed by atoms with Gasteiger partial charge in [0.1, 0.15) is 0 Å². The molecular formula is C36H22S. The van der Waals surface area contributed by atoms with Crippen LogP contribution in [-0.2, 0) is 0 Å². The summed E-state index contributed by atoms with van der Waals surface area (Å²) in [7, 11) is 0. The first kappa shape index (κ1) is 8.55. The van der Waals surface area contributed by atoms with Crippen molar-refractivity contribution in [1.82, 2.24) is 0 Å². The Morgan fingerprint density at radius 3 is 1.68 bits per heavy atom. The van der Waals surface area contributed by atoms with Gasteiger partial charge >= 0.3 is 0 Å². The smallest absolute Gasteiger partial charge is 0.0644 e. The van der Waals surface area contributed by atoms with Gasteiger partial charge in [0.2, 0.25) is 0 Å². The van der Waals surface area contributed by atoms with E-state index in [4.69, 9.17) is 19.2 Å². The zero-order chi connectivity index (χ0) is 43.5. The van der Waals surface area contributed by atoms with Gasteiger partial charge in [0, 0.05) is 20.2 Å². The van der Waals surface area contributed by atoms with Crippen molar-refractivity contribution < 1.29 is 30.2 Å². The van der Waals surface area contributed by atoms with Crippen LogP contribution in [0.3, 0.4) is 0 Å². The number of benzene rings is 7. The summed E-state index contributed by atoms with van der Waals surface area (Å²) in [5.74, 6) is 0. The summed E-state index contributed by atoms with van der Waals surface area (Å²) < 4.78 is 194. The molecule has 0 aliphatic heterocycles. The third kappa shape index (κ3) is 3.08. The van der Waals surface area contributed by atoms with Crippen molar-refractivity contribution in [2.75, 3.05) is 0 Å². The molecule has 37 heavy (non-hydrogen) atoms. The molecule has 1 heterocycles. The molecule has 0 saturated carbocycles. The predicted molar refractivity (Wildman–Crippen MR) is 163 cm³/mol. The molecule has 172 valence electrons. The Balaban J connectivity index is 1.77. The van der Waals surface area contributed by atoms with Crippen molar-refractivity contribution >= 4 is 63.8 Å². The van der Waals surface area contributed by atoms with Crippen LogP contribution in [0.25, 0.3) is 74.7 Å². The SMILES string of the molecule is [2H]c1c([2H])c([2H])c2c(sc3c([2H])c(-c4c5c([2H])c([2H])c([2H])c([2H])c5c(-c5c([2H])c([2H])c([2H])c6c([2H])c([2H])c([2H])c([2H])c56)c5c([2H])c([2H])c([2H])c([2H])c45)c([2H])c([2H])c32)c1[2H]. The maximum absolute atomic E-state index is 9.54. The quantitative estimate of drug-likeness (QED) is 0.204. The summed E-state index contributed by atoms with van der Waals surface area (Å²) in [4.78, 5) is 0. The van der Waals surface area contributed by atoms with Crippen molar-refractivity contribution in [3.8, 4) is 22.3 Å². The first-order valence-electron chi connectivity index (χ1n) is 21.9. The summed E-state index contributed by atoms with van der Waals surface area (Å²) in [5.41, 5.74) is -2.31. The summed E-state index contributed by atoms with van der Waals surface area (Å²) in [5, 5.41) is -3.79. The molecule has 1 heteroatoms. The number of hydrogen-bond acceptors (Lipinski definition) is 1. The highest BCUT2D eigenvalue weighted by Gasteiger charge is 2.18. The third-order valence-corrected chi connectivity index (χ3v) is 7.09. The van der Waals surface area contributed by atoms with Gasteiger partial charge in [-0.1, -0.05) is 121 Å². The topological polar surface area (TPSA) is 0 Å². The van der Waals surface area contributed by atoms with Crippen molar-refractivity contribution in [3.05, 3.63) is 133 Å². The van der Waals surface area contributed by atoms with E-state index in [1.54, 1.807) is 0 Å². The first-order valence-corrected chi connectivity index (χ1v) is 11.7. The Labute approximate surface area is 250 Å². The average molecular weight is 509 g/mol. The summed E-state index contributed by atoms with van der Waals surface area (Å²) in [6.45, 7) is 0. The monoisotopic (exact) mass is 508 g/mol. The minimum Gasteiger partial charge on any atom is -0.135 e. The summed E-state index contributed by atoms with van der Waals surface area (Å²) in [6.07, 6.45) is 0. The molecule has 0 radical (unpaired) electrons. The van der Waals surface area contributed by atoms with Gasteiger partial charge in [-0.3, -0.25) is 0 Å². The molecule has 0 nitrogen and oxygen atoms in total. The van der Waals surface area contributed by atoms with E-state index in [2.05, 4.69) is 0 Å². The number of rotatable bonds is 2. The molecular weight excluding hydrogens is 464 g/mol. The molecule has 0 bridgehead atoms. The van der Waals surface area contributed by atoms with Gasteiger partial charge in [0.25, 0.3) is 0 Å². The van der Waals surface area contributed by atoms with Crippen LogP contribution in [-0.4, -0.2) is 0 Å². The second kappa shape index (κ2) is 8.03. The zero-order valence-corrected chi connectivity index (χ0v) is 19.2. The predicted octanol–water partition coefficient (Wildman–Crippen LogP) is 10.8. The van der Waals surface area contributed by atoms with Crippen molar-refractivity contribution in [2.45, 2.75) is 0 Å². The molecule has 0 aliphatic carbocycles. The summed E-state index contributed by atoms with van der Waals surface area (Å²) in [6, 6.07) is -17.2. The van der Waals surface area contributed by atoms with E-state index >= 15 is 0 Å².